The van der Waals surface area contributed by atoms with Crippen molar-refractivity contribution >= 4 is 5.95 Å². The molecule has 5 heteroatoms. The fraction of sp³-hybridized carbons (Fsp3) is 0.412. The van der Waals surface area contributed by atoms with Crippen LogP contribution in [0.25, 0.3) is 11.3 Å². The molecule has 1 aromatic heterocycles. The molecule has 0 amide bonds. The van der Waals surface area contributed by atoms with Crippen molar-refractivity contribution in [3.05, 3.63) is 41.1 Å². The van der Waals surface area contributed by atoms with Crippen LogP contribution in [-0.4, -0.2) is 36.3 Å². The van der Waals surface area contributed by atoms with Crippen molar-refractivity contribution in [3.63, 3.8) is 0 Å². The molecular weight excluding hydrogens is 276 g/mol. The zero-order valence-corrected chi connectivity index (χ0v) is 13.2. The second-order valence-electron chi connectivity index (χ2n) is 5.65. The Morgan fingerprint density at radius 3 is 2.55 bits per heavy atom. The highest BCUT2D eigenvalue weighted by Crippen LogP contribution is 2.23. The molecule has 1 aliphatic rings. The van der Waals surface area contributed by atoms with Gasteiger partial charge in [-0.15, -0.1) is 0 Å². The fourth-order valence-corrected chi connectivity index (χ4v) is 2.54. The molecule has 1 aromatic carbocycles. The van der Waals surface area contributed by atoms with Crippen LogP contribution >= 0.6 is 0 Å². The minimum Gasteiger partial charge on any atom is -0.378 e. The molecule has 0 atom stereocenters. The Morgan fingerprint density at radius 1 is 1.09 bits per heavy atom. The highest BCUT2D eigenvalue weighted by Gasteiger charge is 2.16. The minimum absolute atomic E-state index is 0.414. The van der Waals surface area contributed by atoms with E-state index < -0.39 is 0 Å². The lowest BCUT2D eigenvalue weighted by Crippen LogP contribution is -2.37. The first kappa shape index (κ1) is 14.9. The summed E-state index contributed by atoms with van der Waals surface area (Å²) in [7, 11) is 0. The van der Waals surface area contributed by atoms with Gasteiger partial charge < -0.3 is 15.4 Å². The number of benzene rings is 1. The van der Waals surface area contributed by atoms with Crippen LogP contribution in [0.15, 0.2) is 24.3 Å². The number of aryl methyl sites for hydroxylation is 2. The predicted octanol–water partition coefficient (Wildman–Crippen LogP) is 2.06. The van der Waals surface area contributed by atoms with E-state index in [2.05, 4.69) is 41.9 Å². The van der Waals surface area contributed by atoms with Gasteiger partial charge in [0.15, 0.2) is 0 Å². The van der Waals surface area contributed by atoms with Crippen molar-refractivity contribution in [1.29, 1.82) is 0 Å². The average Bonchev–Trinajstić information content (AvgIpc) is 2.57. The number of aromatic nitrogens is 2. The summed E-state index contributed by atoms with van der Waals surface area (Å²) in [6.45, 7) is 7.72. The maximum absolute atomic E-state index is 5.82. The third-order valence-corrected chi connectivity index (χ3v) is 4.07. The molecule has 116 valence electrons. The highest BCUT2D eigenvalue weighted by atomic mass is 16.5. The number of nitrogens with two attached hydrogens (primary N) is 1. The normalized spacial score (nSPS) is 15.1. The third kappa shape index (κ3) is 3.10. The number of morpholine rings is 1. The van der Waals surface area contributed by atoms with Crippen LogP contribution in [0, 0.1) is 13.8 Å². The van der Waals surface area contributed by atoms with Gasteiger partial charge in [0.05, 0.1) is 24.6 Å². The first-order valence-electron chi connectivity index (χ1n) is 7.66. The molecule has 0 bridgehead atoms. The van der Waals surface area contributed by atoms with Gasteiger partial charge in [0, 0.05) is 25.2 Å². The SMILES string of the molecule is Cc1ccc(-c2cc(CN)nc(N3CCOCC3)n2)cc1C. The van der Waals surface area contributed by atoms with E-state index in [1.165, 1.54) is 11.1 Å². The summed E-state index contributed by atoms with van der Waals surface area (Å²) in [5.74, 6) is 0.750. The van der Waals surface area contributed by atoms with Gasteiger partial charge >= 0.3 is 0 Å². The van der Waals surface area contributed by atoms with Gasteiger partial charge in [-0.05, 0) is 37.1 Å². The molecule has 3 rings (SSSR count). The maximum atomic E-state index is 5.82. The second kappa shape index (κ2) is 6.42. The van der Waals surface area contributed by atoms with E-state index in [9.17, 15) is 0 Å². The highest BCUT2D eigenvalue weighted by molar-refractivity contribution is 5.62. The van der Waals surface area contributed by atoms with Gasteiger partial charge in [-0.3, -0.25) is 0 Å². The molecule has 5 nitrogen and oxygen atoms in total. The molecule has 22 heavy (non-hydrogen) atoms. The Morgan fingerprint density at radius 2 is 1.86 bits per heavy atom. The molecule has 1 saturated heterocycles. The monoisotopic (exact) mass is 298 g/mol. The Kier molecular flexibility index (Phi) is 4.36. The lowest BCUT2D eigenvalue weighted by atomic mass is 10.0. The Labute approximate surface area is 131 Å². The van der Waals surface area contributed by atoms with Crippen LogP contribution in [0.2, 0.25) is 0 Å². The zero-order valence-electron chi connectivity index (χ0n) is 13.2. The fourth-order valence-electron chi connectivity index (χ4n) is 2.54. The summed E-state index contributed by atoms with van der Waals surface area (Å²) in [6, 6.07) is 8.38. The van der Waals surface area contributed by atoms with Crippen molar-refractivity contribution in [3.8, 4) is 11.3 Å². The standard InChI is InChI=1S/C17H22N4O/c1-12-3-4-14(9-13(12)2)16-10-15(11-18)19-17(20-16)21-5-7-22-8-6-21/h3-4,9-10H,5-8,11,18H2,1-2H3. The molecule has 0 aliphatic carbocycles. The number of ether oxygens (including phenoxy) is 1. The lowest BCUT2D eigenvalue weighted by Gasteiger charge is -2.27. The molecular formula is C17H22N4O. The van der Waals surface area contributed by atoms with Crippen LogP contribution in [0.5, 0.6) is 0 Å². The van der Waals surface area contributed by atoms with Crippen LogP contribution in [-0.2, 0) is 11.3 Å². The van der Waals surface area contributed by atoms with Crippen molar-refractivity contribution in [2.24, 2.45) is 5.73 Å². The van der Waals surface area contributed by atoms with E-state index in [-0.39, 0.29) is 0 Å². The Balaban J connectivity index is 2.01. The third-order valence-electron chi connectivity index (χ3n) is 4.07. The summed E-state index contributed by atoms with van der Waals surface area (Å²) < 4.78 is 5.40. The maximum Gasteiger partial charge on any atom is 0.226 e. The molecule has 0 spiro atoms. The van der Waals surface area contributed by atoms with E-state index in [1.54, 1.807) is 0 Å². The average molecular weight is 298 g/mol. The van der Waals surface area contributed by atoms with Gasteiger partial charge in [0.1, 0.15) is 0 Å². The second-order valence-corrected chi connectivity index (χ2v) is 5.65. The summed E-state index contributed by atoms with van der Waals surface area (Å²) in [4.78, 5) is 11.5. The number of hydrogen-bond acceptors (Lipinski definition) is 5. The topological polar surface area (TPSA) is 64.3 Å². The quantitative estimate of drug-likeness (QED) is 0.939. The van der Waals surface area contributed by atoms with E-state index in [1.807, 2.05) is 6.07 Å². The van der Waals surface area contributed by atoms with Crippen LogP contribution in [0.3, 0.4) is 0 Å². The van der Waals surface area contributed by atoms with E-state index >= 15 is 0 Å². The summed E-state index contributed by atoms with van der Waals surface area (Å²) in [5.41, 5.74) is 11.3. The van der Waals surface area contributed by atoms with Crippen LogP contribution in [0.4, 0.5) is 5.95 Å². The van der Waals surface area contributed by atoms with E-state index in [4.69, 9.17) is 15.5 Å². The van der Waals surface area contributed by atoms with Gasteiger partial charge in [-0.1, -0.05) is 12.1 Å². The molecule has 0 radical (unpaired) electrons. The Hall–Kier alpha value is -1.98. The molecule has 2 heterocycles. The number of anilines is 1. The zero-order chi connectivity index (χ0) is 15.5. The summed E-state index contributed by atoms with van der Waals surface area (Å²) in [6.07, 6.45) is 0. The predicted molar refractivity (Wildman–Crippen MR) is 87.9 cm³/mol. The van der Waals surface area contributed by atoms with Crippen molar-refractivity contribution in [2.75, 3.05) is 31.2 Å². The molecule has 0 saturated carbocycles. The van der Waals surface area contributed by atoms with Crippen LogP contribution < -0.4 is 10.6 Å². The first-order valence-corrected chi connectivity index (χ1v) is 7.66. The molecule has 2 N–H and O–H groups in total. The molecule has 0 unspecified atom stereocenters. The minimum atomic E-state index is 0.414. The molecule has 1 fully saturated rings. The molecule has 2 aromatic rings. The molecule has 1 aliphatic heterocycles. The number of hydrogen-bond donors (Lipinski definition) is 1. The van der Waals surface area contributed by atoms with Crippen molar-refractivity contribution in [2.45, 2.75) is 20.4 Å². The van der Waals surface area contributed by atoms with E-state index in [0.717, 1.165) is 49.2 Å². The number of nitrogens with zero attached hydrogens (tertiary/aromatic N) is 3. The van der Waals surface area contributed by atoms with Gasteiger partial charge in [0.25, 0.3) is 0 Å². The van der Waals surface area contributed by atoms with Gasteiger partial charge in [-0.25, -0.2) is 9.97 Å². The smallest absolute Gasteiger partial charge is 0.226 e. The van der Waals surface area contributed by atoms with Gasteiger partial charge in [-0.2, -0.15) is 0 Å². The van der Waals surface area contributed by atoms with Crippen LogP contribution in [0.1, 0.15) is 16.8 Å². The first-order chi connectivity index (χ1) is 10.7. The van der Waals surface area contributed by atoms with Gasteiger partial charge in [0.2, 0.25) is 5.95 Å². The lowest BCUT2D eigenvalue weighted by molar-refractivity contribution is 0.122. The largest absolute Gasteiger partial charge is 0.378 e. The van der Waals surface area contributed by atoms with Crippen molar-refractivity contribution in [1.82, 2.24) is 9.97 Å². The number of rotatable bonds is 3. The van der Waals surface area contributed by atoms with E-state index in [0.29, 0.717) is 6.54 Å². The summed E-state index contributed by atoms with van der Waals surface area (Å²) >= 11 is 0. The Bertz CT molecular complexity index is 666. The summed E-state index contributed by atoms with van der Waals surface area (Å²) in [5, 5.41) is 0. The van der Waals surface area contributed by atoms with Crippen molar-refractivity contribution < 1.29 is 4.74 Å².